The van der Waals surface area contributed by atoms with Crippen molar-refractivity contribution in [2.45, 2.75) is 71.0 Å². The molecule has 2 unspecified atom stereocenters. The first-order chi connectivity index (χ1) is 10.6. The largest absolute Gasteiger partial charge is 0.354 e. The predicted molar refractivity (Wildman–Crippen MR) is 87.6 cm³/mol. The van der Waals surface area contributed by atoms with Gasteiger partial charge >= 0.3 is 0 Å². The van der Waals surface area contributed by atoms with Crippen LogP contribution in [-0.2, 0) is 13.6 Å². The molecule has 2 aliphatic rings. The second-order valence-electron chi connectivity index (χ2n) is 6.92. The minimum absolute atomic E-state index is 0.551. The number of aromatic nitrogens is 3. The van der Waals surface area contributed by atoms with Gasteiger partial charge in [0.15, 0.2) is 11.8 Å². The second-order valence-corrected chi connectivity index (χ2v) is 6.92. The summed E-state index contributed by atoms with van der Waals surface area (Å²) in [5, 5.41) is 15.5. The number of guanidine groups is 1. The fourth-order valence-corrected chi connectivity index (χ4v) is 3.05. The van der Waals surface area contributed by atoms with Crippen molar-refractivity contribution < 1.29 is 0 Å². The molecule has 0 bridgehead atoms. The average molecular weight is 304 g/mol. The van der Waals surface area contributed by atoms with Crippen molar-refractivity contribution in [2.75, 3.05) is 0 Å². The van der Waals surface area contributed by atoms with E-state index in [2.05, 4.69) is 27.8 Å². The molecule has 2 saturated carbocycles. The fourth-order valence-electron chi connectivity index (χ4n) is 3.05. The highest BCUT2D eigenvalue weighted by atomic mass is 15.3. The minimum atomic E-state index is 0.551. The van der Waals surface area contributed by atoms with Crippen LogP contribution in [-0.4, -0.2) is 32.8 Å². The monoisotopic (exact) mass is 304 g/mol. The molecule has 0 radical (unpaired) electrons. The molecule has 2 fully saturated rings. The molecular formula is C16H28N6. The summed E-state index contributed by atoms with van der Waals surface area (Å²) in [4.78, 5) is 4.74. The maximum Gasteiger partial charge on any atom is 0.192 e. The molecule has 2 N–H and O–H groups in total. The SMILES string of the molecule is Cc1nnc(CN=C(NC2CC2)NC2CCCC(C)C2)n1C. The predicted octanol–water partition coefficient (Wildman–Crippen LogP) is 1.90. The lowest BCUT2D eigenvalue weighted by atomic mass is 9.87. The third-order valence-corrected chi connectivity index (χ3v) is 4.76. The lowest BCUT2D eigenvalue weighted by Gasteiger charge is -2.29. The first-order valence-corrected chi connectivity index (χ1v) is 8.54. The Morgan fingerprint density at radius 1 is 1.18 bits per heavy atom. The lowest BCUT2D eigenvalue weighted by Crippen LogP contribution is -2.46. The van der Waals surface area contributed by atoms with Crippen LogP contribution in [0.4, 0.5) is 0 Å². The van der Waals surface area contributed by atoms with Crippen LogP contribution in [0, 0.1) is 12.8 Å². The molecule has 3 rings (SSSR count). The van der Waals surface area contributed by atoms with Crippen molar-refractivity contribution in [3.05, 3.63) is 11.6 Å². The van der Waals surface area contributed by atoms with Gasteiger partial charge in [-0.05, 0) is 38.5 Å². The van der Waals surface area contributed by atoms with Crippen LogP contribution < -0.4 is 10.6 Å². The Morgan fingerprint density at radius 3 is 2.59 bits per heavy atom. The molecule has 1 aromatic heterocycles. The number of hydrogen-bond donors (Lipinski definition) is 2. The van der Waals surface area contributed by atoms with Gasteiger partial charge in [0.05, 0.1) is 0 Å². The molecule has 6 nitrogen and oxygen atoms in total. The molecule has 0 aromatic carbocycles. The summed E-state index contributed by atoms with van der Waals surface area (Å²) in [6, 6.07) is 1.16. The van der Waals surface area contributed by atoms with E-state index in [-0.39, 0.29) is 0 Å². The number of hydrogen-bond acceptors (Lipinski definition) is 3. The van der Waals surface area contributed by atoms with E-state index in [0.29, 0.717) is 18.6 Å². The zero-order chi connectivity index (χ0) is 15.5. The van der Waals surface area contributed by atoms with Crippen LogP contribution in [0.2, 0.25) is 0 Å². The maximum absolute atomic E-state index is 4.74. The molecule has 122 valence electrons. The van der Waals surface area contributed by atoms with E-state index < -0.39 is 0 Å². The van der Waals surface area contributed by atoms with Gasteiger partial charge in [-0.25, -0.2) is 4.99 Å². The highest BCUT2D eigenvalue weighted by Crippen LogP contribution is 2.24. The first kappa shape index (κ1) is 15.3. The molecule has 6 heteroatoms. The topological polar surface area (TPSA) is 67.1 Å². The highest BCUT2D eigenvalue weighted by Gasteiger charge is 2.25. The number of rotatable bonds is 4. The van der Waals surface area contributed by atoms with Gasteiger partial charge in [-0.3, -0.25) is 0 Å². The molecule has 1 aromatic rings. The minimum Gasteiger partial charge on any atom is -0.354 e. The van der Waals surface area contributed by atoms with Crippen molar-refractivity contribution in [1.82, 2.24) is 25.4 Å². The van der Waals surface area contributed by atoms with Gasteiger partial charge in [-0.2, -0.15) is 0 Å². The summed E-state index contributed by atoms with van der Waals surface area (Å²) in [7, 11) is 1.99. The van der Waals surface area contributed by atoms with E-state index in [1.165, 1.54) is 38.5 Å². The molecule has 22 heavy (non-hydrogen) atoms. The molecule has 0 spiro atoms. The van der Waals surface area contributed by atoms with Crippen LogP contribution in [0.15, 0.2) is 4.99 Å². The van der Waals surface area contributed by atoms with Crippen molar-refractivity contribution >= 4 is 5.96 Å². The quantitative estimate of drug-likeness (QED) is 0.658. The van der Waals surface area contributed by atoms with E-state index in [1.54, 1.807) is 0 Å². The first-order valence-electron chi connectivity index (χ1n) is 8.54. The summed E-state index contributed by atoms with van der Waals surface area (Å²) in [5.41, 5.74) is 0. The Labute approximate surface area is 132 Å². The number of aliphatic imine (C=N–C) groups is 1. The standard InChI is InChI=1S/C16H28N6/c1-11-5-4-6-14(9-11)19-16(18-13-7-8-13)17-10-15-21-20-12(2)22(15)3/h11,13-14H,4-10H2,1-3H3,(H2,17,18,19). The van der Waals surface area contributed by atoms with Gasteiger partial charge in [0.25, 0.3) is 0 Å². The lowest BCUT2D eigenvalue weighted by molar-refractivity contribution is 0.324. The highest BCUT2D eigenvalue weighted by molar-refractivity contribution is 5.80. The van der Waals surface area contributed by atoms with Crippen LogP contribution in [0.1, 0.15) is 57.1 Å². The smallest absolute Gasteiger partial charge is 0.192 e. The molecule has 2 aliphatic carbocycles. The van der Waals surface area contributed by atoms with Crippen LogP contribution in [0.5, 0.6) is 0 Å². The summed E-state index contributed by atoms with van der Waals surface area (Å²) in [5.74, 6) is 3.60. The summed E-state index contributed by atoms with van der Waals surface area (Å²) in [6.07, 6.45) is 7.68. The van der Waals surface area contributed by atoms with E-state index in [0.717, 1.165) is 23.5 Å². The Bertz CT molecular complexity index is 531. The molecule has 0 saturated heterocycles. The second kappa shape index (κ2) is 6.67. The number of nitrogens with zero attached hydrogens (tertiary/aromatic N) is 4. The van der Waals surface area contributed by atoms with Crippen LogP contribution in [0.3, 0.4) is 0 Å². The summed E-state index contributed by atoms with van der Waals surface area (Å²) < 4.78 is 2.00. The molecule has 0 amide bonds. The van der Waals surface area contributed by atoms with Gasteiger partial charge in [0, 0.05) is 19.1 Å². The zero-order valence-electron chi connectivity index (χ0n) is 14.0. The van der Waals surface area contributed by atoms with Crippen molar-refractivity contribution in [3.8, 4) is 0 Å². The van der Waals surface area contributed by atoms with Gasteiger partial charge in [-0.1, -0.05) is 19.8 Å². The average Bonchev–Trinajstić information content (AvgIpc) is 3.24. The van der Waals surface area contributed by atoms with E-state index >= 15 is 0 Å². The van der Waals surface area contributed by atoms with Gasteiger partial charge in [-0.15, -0.1) is 10.2 Å². The third kappa shape index (κ3) is 3.99. The molecular weight excluding hydrogens is 276 g/mol. The van der Waals surface area contributed by atoms with Gasteiger partial charge < -0.3 is 15.2 Å². The maximum atomic E-state index is 4.74. The van der Waals surface area contributed by atoms with Crippen molar-refractivity contribution in [2.24, 2.45) is 18.0 Å². The van der Waals surface area contributed by atoms with Crippen molar-refractivity contribution in [3.63, 3.8) is 0 Å². The molecule has 2 atom stereocenters. The normalized spacial score (nSPS) is 26.0. The van der Waals surface area contributed by atoms with Gasteiger partial charge in [0.2, 0.25) is 0 Å². The Kier molecular flexibility index (Phi) is 4.64. The summed E-state index contributed by atoms with van der Waals surface area (Å²) in [6.45, 7) is 4.88. The number of nitrogens with one attached hydrogen (secondary N) is 2. The zero-order valence-corrected chi connectivity index (χ0v) is 14.0. The van der Waals surface area contributed by atoms with Gasteiger partial charge in [0.1, 0.15) is 12.4 Å². The summed E-state index contributed by atoms with van der Waals surface area (Å²) >= 11 is 0. The van der Waals surface area contributed by atoms with E-state index in [1.807, 2.05) is 18.5 Å². The number of aryl methyl sites for hydroxylation is 1. The Hall–Kier alpha value is -1.59. The Balaban J connectivity index is 1.63. The van der Waals surface area contributed by atoms with Crippen molar-refractivity contribution in [1.29, 1.82) is 0 Å². The molecule has 0 aliphatic heterocycles. The van der Waals surface area contributed by atoms with E-state index in [4.69, 9.17) is 4.99 Å². The fraction of sp³-hybridized carbons (Fsp3) is 0.812. The van der Waals surface area contributed by atoms with E-state index in [9.17, 15) is 0 Å². The third-order valence-electron chi connectivity index (χ3n) is 4.76. The Morgan fingerprint density at radius 2 is 1.95 bits per heavy atom. The van der Waals surface area contributed by atoms with Crippen LogP contribution in [0.25, 0.3) is 0 Å². The molecule has 1 heterocycles. The van der Waals surface area contributed by atoms with Crippen LogP contribution >= 0.6 is 0 Å².